The van der Waals surface area contributed by atoms with Gasteiger partial charge in [0.05, 0.1) is 0 Å². The lowest BCUT2D eigenvalue weighted by atomic mass is 10.0. The number of anilines is 2. The minimum absolute atomic E-state index is 0. The Kier molecular flexibility index (Phi) is 9.24. The average molecular weight is 369 g/mol. The number of hydrogen-bond acceptors (Lipinski definition) is 2. The second kappa shape index (κ2) is 9.80. The van der Waals surface area contributed by atoms with E-state index in [2.05, 4.69) is 76.4 Å². The van der Waals surface area contributed by atoms with E-state index in [9.17, 15) is 0 Å². The molecule has 4 heteroatoms. The van der Waals surface area contributed by atoms with Gasteiger partial charge < -0.3 is 10.6 Å². The molecule has 0 saturated heterocycles. The molecule has 0 unspecified atom stereocenters. The smallest absolute Gasteiger partial charge is 0.0400 e. The molecule has 0 saturated carbocycles. The molecule has 0 fully saturated rings. The highest BCUT2D eigenvalue weighted by Crippen LogP contribution is 2.23. The molecule has 2 aromatic rings. The Morgan fingerprint density at radius 2 is 0.792 bits per heavy atom. The predicted octanol–water partition coefficient (Wildman–Crippen LogP) is 5.90. The van der Waals surface area contributed by atoms with E-state index in [1.807, 2.05) is 0 Å². The lowest BCUT2D eigenvalue weighted by molar-refractivity contribution is 1.06. The monoisotopic (exact) mass is 368 g/mol. The number of benzene rings is 2. The molecule has 0 aliphatic carbocycles. The maximum absolute atomic E-state index is 3.57. The molecule has 0 aromatic heterocycles. The van der Waals surface area contributed by atoms with Crippen molar-refractivity contribution in [2.75, 3.05) is 23.7 Å². The van der Waals surface area contributed by atoms with Crippen molar-refractivity contribution in [3.63, 3.8) is 0 Å². The maximum atomic E-state index is 3.57. The van der Waals surface area contributed by atoms with E-state index < -0.39 is 0 Å². The molecule has 0 atom stereocenters. The zero-order valence-corrected chi connectivity index (χ0v) is 17.2. The minimum Gasteiger partial charge on any atom is -0.383 e. The first-order chi connectivity index (χ1) is 10.4. The summed E-state index contributed by atoms with van der Waals surface area (Å²) in [5.41, 5.74) is 10.5. The third kappa shape index (κ3) is 5.61. The van der Waals surface area contributed by atoms with Gasteiger partial charge in [-0.1, -0.05) is 35.4 Å². The van der Waals surface area contributed by atoms with Gasteiger partial charge in [-0.3, -0.25) is 0 Å². The molecule has 0 radical (unpaired) electrons. The van der Waals surface area contributed by atoms with Gasteiger partial charge in [0.1, 0.15) is 0 Å². The molecule has 0 aliphatic rings. The average Bonchev–Trinajstić information content (AvgIpc) is 2.38. The first-order valence-electron chi connectivity index (χ1n) is 8.02. The summed E-state index contributed by atoms with van der Waals surface area (Å²) in [4.78, 5) is 0. The fourth-order valence-electron chi connectivity index (χ4n) is 3.29. The summed E-state index contributed by atoms with van der Waals surface area (Å²) < 4.78 is 0. The molecule has 2 aromatic carbocycles. The van der Waals surface area contributed by atoms with Gasteiger partial charge in [-0.15, -0.1) is 24.8 Å². The van der Waals surface area contributed by atoms with Crippen LogP contribution in [0.15, 0.2) is 24.3 Å². The van der Waals surface area contributed by atoms with E-state index in [-0.39, 0.29) is 24.8 Å². The largest absolute Gasteiger partial charge is 0.383 e. The summed E-state index contributed by atoms with van der Waals surface area (Å²) in [6.45, 7) is 14.8. The van der Waals surface area contributed by atoms with Crippen LogP contribution in [0.1, 0.15) is 33.4 Å². The normalized spacial score (nSPS) is 9.75. The van der Waals surface area contributed by atoms with Crippen LogP contribution in [-0.4, -0.2) is 13.1 Å². The van der Waals surface area contributed by atoms with Crippen molar-refractivity contribution in [3.05, 3.63) is 57.6 Å². The molecule has 2 nitrogen and oxygen atoms in total. The molecule has 0 aliphatic heterocycles. The Hall–Kier alpha value is -1.38. The number of nitrogens with one attached hydrogen (secondary N) is 2. The third-order valence-electron chi connectivity index (χ3n) is 4.08. The van der Waals surface area contributed by atoms with Crippen LogP contribution in [0.3, 0.4) is 0 Å². The molecule has 134 valence electrons. The van der Waals surface area contributed by atoms with E-state index in [1.54, 1.807) is 0 Å². The van der Waals surface area contributed by atoms with Gasteiger partial charge in [0.15, 0.2) is 0 Å². The van der Waals surface area contributed by atoms with Crippen molar-refractivity contribution >= 4 is 36.2 Å². The van der Waals surface area contributed by atoms with E-state index in [1.165, 1.54) is 44.8 Å². The summed E-state index contributed by atoms with van der Waals surface area (Å²) in [7, 11) is 0. The van der Waals surface area contributed by atoms with Crippen molar-refractivity contribution in [3.8, 4) is 0 Å². The first kappa shape index (κ1) is 22.6. The van der Waals surface area contributed by atoms with Crippen molar-refractivity contribution in [1.82, 2.24) is 0 Å². The van der Waals surface area contributed by atoms with Gasteiger partial charge >= 0.3 is 0 Å². The highest BCUT2D eigenvalue weighted by molar-refractivity contribution is 5.85. The molecule has 0 bridgehead atoms. The molecule has 0 heterocycles. The van der Waals surface area contributed by atoms with Crippen LogP contribution >= 0.6 is 24.8 Å². The van der Waals surface area contributed by atoms with Gasteiger partial charge in [-0.25, -0.2) is 0 Å². The van der Waals surface area contributed by atoms with Crippen LogP contribution < -0.4 is 10.6 Å². The number of halogens is 2. The summed E-state index contributed by atoms with van der Waals surface area (Å²) in [5, 5.41) is 7.13. The van der Waals surface area contributed by atoms with Crippen LogP contribution in [0.5, 0.6) is 0 Å². The second-order valence-electron chi connectivity index (χ2n) is 6.40. The summed E-state index contributed by atoms with van der Waals surface area (Å²) in [6, 6.07) is 8.93. The highest BCUT2D eigenvalue weighted by Gasteiger charge is 2.05. The van der Waals surface area contributed by atoms with Crippen molar-refractivity contribution in [2.45, 2.75) is 41.5 Å². The Labute approximate surface area is 159 Å². The molecule has 24 heavy (non-hydrogen) atoms. The minimum atomic E-state index is 0. The summed E-state index contributed by atoms with van der Waals surface area (Å²) in [5.74, 6) is 0. The number of aryl methyl sites for hydroxylation is 6. The zero-order valence-electron chi connectivity index (χ0n) is 15.5. The second-order valence-corrected chi connectivity index (χ2v) is 6.40. The maximum Gasteiger partial charge on any atom is 0.0400 e. The van der Waals surface area contributed by atoms with Crippen LogP contribution in [0.4, 0.5) is 11.4 Å². The third-order valence-corrected chi connectivity index (χ3v) is 4.08. The van der Waals surface area contributed by atoms with Crippen LogP contribution in [0.2, 0.25) is 0 Å². The molecular formula is C20H30Cl2N2. The lowest BCUT2D eigenvalue weighted by Crippen LogP contribution is -2.16. The quantitative estimate of drug-likeness (QED) is 0.641. The van der Waals surface area contributed by atoms with Crippen LogP contribution in [0, 0.1) is 41.5 Å². The molecule has 0 amide bonds. The Balaban J connectivity index is 0.00000264. The lowest BCUT2D eigenvalue weighted by Gasteiger charge is -2.17. The van der Waals surface area contributed by atoms with E-state index in [0.717, 1.165) is 13.1 Å². The fraction of sp³-hybridized carbons (Fsp3) is 0.400. The van der Waals surface area contributed by atoms with Crippen LogP contribution in [-0.2, 0) is 0 Å². The number of hydrogen-bond donors (Lipinski definition) is 2. The van der Waals surface area contributed by atoms with Gasteiger partial charge in [-0.2, -0.15) is 0 Å². The summed E-state index contributed by atoms with van der Waals surface area (Å²) in [6.07, 6.45) is 0. The van der Waals surface area contributed by atoms with Crippen LogP contribution in [0.25, 0.3) is 0 Å². The molecule has 0 spiro atoms. The topological polar surface area (TPSA) is 24.1 Å². The van der Waals surface area contributed by atoms with Gasteiger partial charge in [-0.05, 0) is 63.8 Å². The van der Waals surface area contributed by atoms with Crippen molar-refractivity contribution < 1.29 is 0 Å². The van der Waals surface area contributed by atoms with Gasteiger partial charge in [0, 0.05) is 24.5 Å². The summed E-state index contributed by atoms with van der Waals surface area (Å²) >= 11 is 0. The standard InChI is InChI=1S/C20H28N2.2ClH/c1-13-9-15(3)19(16(4)10-13)21-7-8-22-20-17(5)11-14(2)12-18(20)6;;/h9-12,21-22H,7-8H2,1-6H3;2*1H. The molecule has 2 N–H and O–H groups in total. The SMILES string of the molecule is Cc1cc(C)c(NCCNc2c(C)cc(C)cc2C)c(C)c1.Cl.Cl. The molecular weight excluding hydrogens is 339 g/mol. The Morgan fingerprint density at radius 1 is 0.542 bits per heavy atom. The number of rotatable bonds is 5. The van der Waals surface area contributed by atoms with E-state index in [4.69, 9.17) is 0 Å². The molecule has 2 rings (SSSR count). The fourth-order valence-corrected chi connectivity index (χ4v) is 3.29. The first-order valence-corrected chi connectivity index (χ1v) is 8.02. The Bertz CT molecular complexity index is 576. The van der Waals surface area contributed by atoms with E-state index >= 15 is 0 Å². The van der Waals surface area contributed by atoms with Gasteiger partial charge in [0.2, 0.25) is 0 Å². The van der Waals surface area contributed by atoms with Gasteiger partial charge in [0.25, 0.3) is 0 Å². The Morgan fingerprint density at radius 3 is 1.04 bits per heavy atom. The van der Waals surface area contributed by atoms with Crippen molar-refractivity contribution in [1.29, 1.82) is 0 Å². The highest BCUT2D eigenvalue weighted by atomic mass is 35.5. The predicted molar refractivity (Wildman–Crippen MR) is 113 cm³/mol. The van der Waals surface area contributed by atoms with E-state index in [0.29, 0.717) is 0 Å². The van der Waals surface area contributed by atoms with Crippen molar-refractivity contribution in [2.24, 2.45) is 0 Å². The zero-order chi connectivity index (χ0) is 16.3.